The van der Waals surface area contributed by atoms with Crippen LogP contribution < -0.4 is 10.6 Å². The molecule has 7 nitrogen and oxygen atoms in total. The van der Waals surface area contributed by atoms with Crippen LogP contribution in [0.3, 0.4) is 0 Å². The van der Waals surface area contributed by atoms with Gasteiger partial charge in [-0.15, -0.1) is 0 Å². The molecule has 0 unspecified atom stereocenters. The number of carbonyl (C=O) groups is 3. The Morgan fingerprint density at radius 3 is 2.03 bits per heavy atom. The van der Waals surface area contributed by atoms with Crippen LogP contribution in [0.25, 0.3) is 0 Å². The number of ether oxygens (including phenoxy) is 1. The lowest BCUT2D eigenvalue weighted by atomic mass is 10.0. The van der Waals surface area contributed by atoms with Crippen molar-refractivity contribution in [1.29, 1.82) is 5.26 Å². The second-order valence-electron chi connectivity index (χ2n) is 6.77. The van der Waals surface area contributed by atoms with Crippen LogP contribution in [0.2, 0.25) is 0 Å². The predicted octanol–water partition coefficient (Wildman–Crippen LogP) is 3.85. The fraction of sp³-hybridized carbons (Fsp3) is 0.273. The number of esters is 1. The number of rotatable bonds is 7. The Bertz CT molecular complexity index is 913. The first kappa shape index (κ1) is 21.6. The van der Waals surface area contributed by atoms with E-state index in [4.69, 9.17) is 10.00 Å². The van der Waals surface area contributed by atoms with E-state index in [9.17, 15) is 14.4 Å². The summed E-state index contributed by atoms with van der Waals surface area (Å²) in [5, 5.41) is 13.7. The van der Waals surface area contributed by atoms with E-state index in [2.05, 4.69) is 24.5 Å². The number of nitrogens with one attached hydrogen (secondary N) is 2. The average molecular weight is 393 g/mol. The maximum Gasteiger partial charge on any atom is 0.338 e. The smallest absolute Gasteiger partial charge is 0.338 e. The van der Waals surface area contributed by atoms with Crippen molar-refractivity contribution in [3.05, 3.63) is 59.7 Å². The molecule has 150 valence electrons. The molecule has 2 aromatic rings. The van der Waals surface area contributed by atoms with Crippen molar-refractivity contribution < 1.29 is 19.1 Å². The molecule has 0 aliphatic carbocycles. The minimum atomic E-state index is -0.984. The summed E-state index contributed by atoms with van der Waals surface area (Å²) in [5.41, 5.74) is 2.48. The van der Waals surface area contributed by atoms with Crippen molar-refractivity contribution >= 4 is 29.2 Å². The van der Waals surface area contributed by atoms with Gasteiger partial charge in [-0.3, -0.25) is 9.59 Å². The molecule has 0 heterocycles. The Kier molecular flexibility index (Phi) is 7.49. The van der Waals surface area contributed by atoms with Crippen LogP contribution in [0.4, 0.5) is 11.4 Å². The van der Waals surface area contributed by atoms with Crippen LogP contribution in [-0.2, 0) is 14.3 Å². The Labute approximate surface area is 169 Å². The van der Waals surface area contributed by atoms with Crippen molar-refractivity contribution in [1.82, 2.24) is 0 Å². The molecule has 1 atom stereocenters. The minimum absolute atomic E-state index is 0.240. The molecule has 29 heavy (non-hydrogen) atoms. The third kappa shape index (κ3) is 6.47. The van der Waals surface area contributed by atoms with Crippen LogP contribution in [0, 0.1) is 11.3 Å². The Balaban J connectivity index is 1.91. The molecule has 0 aliphatic rings. The molecule has 0 spiro atoms. The SMILES string of the molecule is CC(C)c1ccc(NC(=O)[C@H](C)OC(=O)c2ccc(NC(=O)CC#N)cc2)cc1. The summed E-state index contributed by atoms with van der Waals surface area (Å²) in [5.74, 6) is -1.13. The fourth-order valence-corrected chi connectivity index (χ4v) is 2.44. The van der Waals surface area contributed by atoms with Gasteiger partial charge in [-0.2, -0.15) is 5.26 Å². The first-order valence-corrected chi connectivity index (χ1v) is 9.19. The second kappa shape index (κ2) is 10.0. The van der Waals surface area contributed by atoms with E-state index in [0.717, 1.165) is 5.56 Å². The van der Waals surface area contributed by atoms with E-state index in [1.165, 1.54) is 31.2 Å². The summed E-state index contributed by atoms with van der Waals surface area (Å²) in [4.78, 5) is 35.9. The maximum atomic E-state index is 12.3. The molecule has 0 saturated carbocycles. The van der Waals surface area contributed by atoms with E-state index in [0.29, 0.717) is 17.3 Å². The number of hydrogen-bond donors (Lipinski definition) is 2. The summed E-state index contributed by atoms with van der Waals surface area (Å²) >= 11 is 0. The normalized spacial score (nSPS) is 11.3. The van der Waals surface area contributed by atoms with Crippen molar-refractivity contribution in [3.63, 3.8) is 0 Å². The fourth-order valence-electron chi connectivity index (χ4n) is 2.44. The average Bonchev–Trinajstić information content (AvgIpc) is 2.69. The van der Waals surface area contributed by atoms with Crippen molar-refractivity contribution in [2.24, 2.45) is 0 Å². The standard InChI is InChI=1S/C22H23N3O4/c1-14(2)16-4-8-19(9-5-16)25-21(27)15(3)29-22(28)17-6-10-18(11-7-17)24-20(26)12-13-23/h4-11,14-15H,12H2,1-3H3,(H,24,26)(H,25,27)/t15-/m0/s1. The lowest BCUT2D eigenvalue weighted by molar-refractivity contribution is -0.123. The van der Waals surface area contributed by atoms with E-state index in [-0.39, 0.29) is 12.0 Å². The number of nitrogens with zero attached hydrogens (tertiary/aromatic N) is 1. The summed E-state index contributed by atoms with van der Waals surface area (Å²) in [7, 11) is 0. The van der Waals surface area contributed by atoms with Crippen LogP contribution in [0.15, 0.2) is 48.5 Å². The highest BCUT2D eigenvalue weighted by Gasteiger charge is 2.19. The van der Waals surface area contributed by atoms with Gasteiger partial charge in [-0.05, 0) is 54.8 Å². The highest BCUT2D eigenvalue weighted by Crippen LogP contribution is 2.18. The Hall–Kier alpha value is -3.66. The third-order valence-electron chi connectivity index (χ3n) is 4.14. The second-order valence-corrected chi connectivity index (χ2v) is 6.77. The van der Waals surface area contributed by atoms with Gasteiger partial charge in [-0.1, -0.05) is 26.0 Å². The zero-order valence-electron chi connectivity index (χ0n) is 16.6. The maximum absolute atomic E-state index is 12.3. The number of nitriles is 1. The molecule has 0 bridgehead atoms. The molecule has 2 aromatic carbocycles. The van der Waals surface area contributed by atoms with Gasteiger partial charge in [0.2, 0.25) is 5.91 Å². The van der Waals surface area contributed by atoms with Gasteiger partial charge in [0.15, 0.2) is 6.10 Å². The molecule has 7 heteroatoms. The van der Waals surface area contributed by atoms with Gasteiger partial charge in [0.25, 0.3) is 5.91 Å². The zero-order chi connectivity index (χ0) is 21.4. The van der Waals surface area contributed by atoms with Gasteiger partial charge < -0.3 is 15.4 Å². The zero-order valence-corrected chi connectivity index (χ0v) is 16.6. The van der Waals surface area contributed by atoms with Crippen molar-refractivity contribution in [3.8, 4) is 6.07 Å². The Morgan fingerprint density at radius 1 is 0.931 bits per heavy atom. The third-order valence-corrected chi connectivity index (χ3v) is 4.14. The lowest BCUT2D eigenvalue weighted by Gasteiger charge is -2.14. The summed E-state index contributed by atoms with van der Waals surface area (Å²) in [6, 6.07) is 15.2. The molecule has 2 rings (SSSR count). The summed E-state index contributed by atoms with van der Waals surface area (Å²) in [6.07, 6.45) is -1.24. The molecule has 0 aromatic heterocycles. The molecule has 2 amide bonds. The van der Waals surface area contributed by atoms with Crippen LogP contribution >= 0.6 is 0 Å². The molecule has 0 fully saturated rings. The van der Waals surface area contributed by atoms with Gasteiger partial charge in [-0.25, -0.2) is 4.79 Å². The van der Waals surface area contributed by atoms with Crippen LogP contribution in [0.1, 0.15) is 49.0 Å². The quantitative estimate of drug-likeness (QED) is 0.695. The van der Waals surface area contributed by atoms with Crippen LogP contribution in [-0.4, -0.2) is 23.9 Å². The van der Waals surface area contributed by atoms with Crippen molar-refractivity contribution in [2.45, 2.75) is 39.2 Å². The molecule has 0 radical (unpaired) electrons. The van der Waals surface area contributed by atoms with E-state index < -0.39 is 23.9 Å². The molecule has 0 saturated heterocycles. The van der Waals surface area contributed by atoms with Gasteiger partial charge in [0.05, 0.1) is 11.6 Å². The molecule has 2 N–H and O–H groups in total. The van der Waals surface area contributed by atoms with E-state index in [1.54, 1.807) is 18.2 Å². The van der Waals surface area contributed by atoms with Gasteiger partial charge in [0.1, 0.15) is 6.42 Å². The highest BCUT2D eigenvalue weighted by atomic mass is 16.5. The highest BCUT2D eigenvalue weighted by molar-refractivity contribution is 5.98. The number of benzene rings is 2. The number of hydrogen-bond acceptors (Lipinski definition) is 5. The number of carbonyl (C=O) groups excluding carboxylic acids is 3. The molecular weight excluding hydrogens is 370 g/mol. The monoisotopic (exact) mass is 393 g/mol. The topological polar surface area (TPSA) is 108 Å². The van der Waals surface area contributed by atoms with E-state index in [1.807, 2.05) is 12.1 Å². The van der Waals surface area contributed by atoms with Gasteiger partial charge >= 0.3 is 5.97 Å². The van der Waals surface area contributed by atoms with Crippen molar-refractivity contribution in [2.75, 3.05) is 10.6 Å². The Morgan fingerprint density at radius 2 is 1.48 bits per heavy atom. The predicted molar refractivity (Wildman–Crippen MR) is 109 cm³/mol. The minimum Gasteiger partial charge on any atom is -0.449 e. The summed E-state index contributed by atoms with van der Waals surface area (Å²) in [6.45, 7) is 5.66. The largest absolute Gasteiger partial charge is 0.449 e. The number of anilines is 2. The van der Waals surface area contributed by atoms with Crippen LogP contribution in [0.5, 0.6) is 0 Å². The first-order chi connectivity index (χ1) is 13.8. The van der Waals surface area contributed by atoms with Gasteiger partial charge in [0, 0.05) is 11.4 Å². The summed E-state index contributed by atoms with van der Waals surface area (Å²) < 4.78 is 5.21. The lowest BCUT2D eigenvalue weighted by Crippen LogP contribution is -2.30. The molecular formula is C22H23N3O4. The number of amides is 2. The molecule has 0 aliphatic heterocycles. The first-order valence-electron chi connectivity index (χ1n) is 9.19. The van der Waals surface area contributed by atoms with E-state index >= 15 is 0 Å².